The second kappa shape index (κ2) is 5.05. The Bertz CT molecular complexity index is 282. The third-order valence-corrected chi connectivity index (χ3v) is 3.65. The molecule has 0 aliphatic rings. The van der Waals surface area contributed by atoms with Gasteiger partial charge in [0.1, 0.15) is 5.01 Å². The summed E-state index contributed by atoms with van der Waals surface area (Å²) < 4.78 is 0. The van der Waals surface area contributed by atoms with Gasteiger partial charge in [0.15, 0.2) is 0 Å². The van der Waals surface area contributed by atoms with Crippen molar-refractivity contribution in [3.05, 3.63) is 16.6 Å². The lowest BCUT2D eigenvalue weighted by Crippen LogP contribution is -2.37. The molecule has 0 amide bonds. The van der Waals surface area contributed by atoms with Crippen molar-refractivity contribution in [2.75, 3.05) is 20.1 Å². The van der Waals surface area contributed by atoms with Crippen LogP contribution in [-0.2, 0) is 0 Å². The van der Waals surface area contributed by atoms with E-state index in [-0.39, 0.29) is 5.41 Å². The molecule has 0 fully saturated rings. The number of aromatic nitrogens is 1. The van der Waals surface area contributed by atoms with Crippen molar-refractivity contribution in [3.8, 4) is 0 Å². The van der Waals surface area contributed by atoms with E-state index in [1.165, 1.54) is 5.01 Å². The molecule has 1 atom stereocenters. The summed E-state index contributed by atoms with van der Waals surface area (Å²) in [5.74, 6) is 0. The first kappa shape index (κ1) is 12.6. The average molecular weight is 227 g/mol. The Hall–Kier alpha value is -0.450. The lowest BCUT2D eigenvalue weighted by atomic mass is 9.93. The lowest BCUT2D eigenvalue weighted by molar-refractivity contribution is 0.174. The summed E-state index contributed by atoms with van der Waals surface area (Å²) in [6.07, 6.45) is 1.86. The van der Waals surface area contributed by atoms with Crippen LogP contribution >= 0.6 is 11.3 Å². The summed E-state index contributed by atoms with van der Waals surface area (Å²) in [6, 6.07) is 0.371. The van der Waals surface area contributed by atoms with Gasteiger partial charge in [0.05, 0.1) is 6.04 Å². The molecule has 3 nitrogen and oxygen atoms in total. The summed E-state index contributed by atoms with van der Waals surface area (Å²) in [6.45, 7) is 8.27. The Labute approximate surface area is 96.3 Å². The van der Waals surface area contributed by atoms with Crippen molar-refractivity contribution in [2.45, 2.75) is 26.8 Å². The number of rotatable bonds is 5. The highest BCUT2D eigenvalue weighted by Crippen LogP contribution is 2.24. The van der Waals surface area contributed by atoms with Gasteiger partial charge in [0.25, 0.3) is 0 Å². The van der Waals surface area contributed by atoms with E-state index in [0.29, 0.717) is 12.6 Å². The summed E-state index contributed by atoms with van der Waals surface area (Å²) in [4.78, 5) is 6.65. The largest absolute Gasteiger partial charge is 0.330 e. The van der Waals surface area contributed by atoms with Crippen molar-refractivity contribution in [2.24, 2.45) is 11.1 Å². The second-order valence-corrected chi connectivity index (χ2v) is 5.76. The monoisotopic (exact) mass is 227 g/mol. The van der Waals surface area contributed by atoms with E-state index in [4.69, 9.17) is 5.73 Å². The van der Waals surface area contributed by atoms with E-state index >= 15 is 0 Å². The standard InChI is InChI=1S/C11H21N3S/c1-9(10-13-5-6-15-10)14(4)8-11(2,3)7-12/h5-6,9H,7-8,12H2,1-4H3. The van der Waals surface area contributed by atoms with Crippen LogP contribution in [0.5, 0.6) is 0 Å². The fourth-order valence-electron chi connectivity index (χ4n) is 1.51. The third-order valence-electron chi connectivity index (χ3n) is 2.70. The molecule has 15 heavy (non-hydrogen) atoms. The van der Waals surface area contributed by atoms with Gasteiger partial charge in [-0.3, -0.25) is 4.90 Å². The second-order valence-electron chi connectivity index (χ2n) is 4.83. The zero-order valence-corrected chi connectivity index (χ0v) is 10.8. The van der Waals surface area contributed by atoms with Crippen LogP contribution < -0.4 is 5.73 Å². The summed E-state index contributed by atoms with van der Waals surface area (Å²) in [5.41, 5.74) is 5.90. The van der Waals surface area contributed by atoms with Crippen molar-refractivity contribution in [1.29, 1.82) is 0 Å². The van der Waals surface area contributed by atoms with Crippen molar-refractivity contribution in [3.63, 3.8) is 0 Å². The summed E-state index contributed by atoms with van der Waals surface area (Å²) in [7, 11) is 2.13. The Morgan fingerprint density at radius 1 is 1.60 bits per heavy atom. The van der Waals surface area contributed by atoms with Crippen LogP contribution in [0.1, 0.15) is 31.8 Å². The van der Waals surface area contributed by atoms with Gasteiger partial charge in [-0.2, -0.15) is 0 Å². The Morgan fingerprint density at radius 2 is 2.27 bits per heavy atom. The van der Waals surface area contributed by atoms with Crippen LogP contribution in [0.3, 0.4) is 0 Å². The van der Waals surface area contributed by atoms with Gasteiger partial charge in [-0.15, -0.1) is 11.3 Å². The molecule has 1 unspecified atom stereocenters. The maximum atomic E-state index is 5.73. The van der Waals surface area contributed by atoms with Gasteiger partial charge >= 0.3 is 0 Å². The van der Waals surface area contributed by atoms with Gasteiger partial charge in [0.2, 0.25) is 0 Å². The van der Waals surface area contributed by atoms with Crippen LogP contribution in [0, 0.1) is 5.41 Å². The van der Waals surface area contributed by atoms with E-state index in [2.05, 4.69) is 37.7 Å². The van der Waals surface area contributed by atoms with E-state index in [1.54, 1.807) is 11.3 Å². The van der Waals surface area contributed by atoms with Crippen LogP contribution in [0.4, 0.5) is 0 Å². The van der Waals surface area contributed by atoms with Gasteiger partial charge in [-0.25, -0.2) is 4.98 Å². The topological polar surface area (TPSA) is 42.2 Å². The van der Waals surface area contributed by atoms with Crippen molar-refractivity contribution < 1.29 is 0 Å². The van der Waals surface area contributed by atoms with Crippen LogP contribution in [-0.4, -0.2) is 30.0 Å². The Morgan fingerprint density at radius 3 is 2.73 bits per heavy atom. The SMILES string of the molecule is CC(c1nccs1)N(C)CC(C)(C)CN. The molecular formula is C11H21N3S. The predicted molar refractivity (Wildman–Crippen MR) is 66.0 cm³/mol. The fourth-order valence-corrected chi connectivity index (χ4v) is 2.27. The number of nitrogens with two attached hydrogens (primary N) is 1. The highest BCUT2D eigenvalue weighted by atomic mass is 32.1. The molecule has 0 aliphatic carbocycles. The van der Waals surface area contributed by atoms with E-state index in [9.17, 15) is 0 Å². The van der Waals surface area contributed by atoms with Crippen LogP contribution in [0.2, 0.25) is 0 Å². The highest BCUT2D eigenvalue weighted by Gasteiger charge is 2.22. The zero-order chi connectivity index (χ0) is 11.5. The summed E-state index contributed by atoms with van der Waals surface area (Å²) in [5, 5.41) is 3.19. The van der Waals surface area contributed by atoms with Gasteiger partial charge in [-0.1, -0.05) is 13.8 Å². The van der Waals surface area contributed by atoms with Gasteiger partial charge in [0, 0.05) is 18.1 Å². The molecule has 1 heterocycles. The molecule has 0 saturated heterocycles. The molecule has 0 aliphatic heterocycles. The molecular weight excluding hydrogens is 206 g/mol. The smallest absolute Gasteiger partial charge is 0.109 e. The van der Waals surface area contributed by atoms with E-state index in [0.717, 1.165) is 6.54 Å². The van der Waals surface area contributed by atoms with Crippen LogP contribution in [0.15, 0.2) is 11.6 Å². The minimum Gasteiger partial charge on any atom is -0.330 e. The Kier molecular flexibility index (Phi) is 4.25. The number of nitrogens with zero attached hydrogens (tertiary/aromatic N) is 2. The van der Waals surface area contributed by atoms with Gasteiger partial charge in [-0.05, 0) is 25.9 Å². The Balaban J connectivity index is 2.58. The first-order valence-corrected chi connectivity index (χ1v) is 6.14. The molecule has 0 spiro atoms. The van der Waals surface area contributed by atoms with E-state index < -0.39 is 0 Å². The van der Waals surface area contributed by atoms with Crippen molar-refractivity contribution >= 4 is 11.3 Å². The highest BCUT2D eigenvalue weighted by molar-refractivity contribution is 7.09. The molecule has 0 bridgehead atoms. The normalized spacial score (nSPS) is 14.5. The molecule has 2 N–H and O–H groups in total. The first-order chi connectivity index (χ1) is 6.96. The zero-order valence-electron chi connectivity index (χ0n) is 10.0. The van der Waals surface area contributed by atoms with Crippen LogP contribution in [0.25, 0.3) is 0 Å². The molecule has 1 aromatic heterocycles. The molecule has 1 rings (SSSR count). The van der Waals surface area contributed by atoms with E-state index in [1.807, 2.05) is 11.6 Å². The molecule has 4 heteroatoms. The molecule has 0 aromatic carbocycles. The van der Waals surface area contributed by atoms with Gasteiger partial charge < -0.3 is 5.73 Å². The number of hydrogen-bond donors (Lipinski definition) is 1. The molecule has 1 aromatic rings. The average Bonchev–Trinajstić information content (AvgIpc) is 2.68. The molecule has 0 saturated carbocycles. The minimum absolute atomic E-state index is 0.167. The maximum absolute atomic E-state index is 5.73. The predicted octanol–water partition coefficient (Wildman–Crippen LogP) is 2.12. The maximum Gasteiger partial charge on any atom is 0.109 e. The van der Waals surface area contributed by atoms with Crippen molar-refractivity contribution in [1.82, 2.24) is 9.88 Å². The number of thiazole rings is 1. The molecule has 86 valence electrons. The quantitative estimate of drug-likeness (QED) is 0.838. The number of hydrogen-bond acceptors (Lipinski definition) is 4. The third kappa shape index (κ3) is 3.55. The first-order valence-electron chi connectivity index (χ1n) is 5.26. The lowest BCUT2D eigenvalue weighted by Gasteiger charge is -2.32. The fraction of sp³-hybridized carbons (Fsp3) is 0.727. The summed E-state index contributed by atoms with van der Waals surface area (Å²) >= 11 is 1.71. The molecule has 0 radical (unpaired) electrons. The minimum atomic E-state index is 0.167.